The minimum absolute atomic E-state index is 0.166. The number of hydrogen-bond acceptors (Lipinski definition) is 2. The quantitative estimate of drug-likeness (QED) is 0.850. The number of aliphatic hydroxyl groups excluding tert-OH is 1. The maximum Gasteiger partial charge on any atom is 0.0945 e. The Morgan fingerprint density at radius 1 is 1.20 bits per heavy atom. The van der Waals surface area contributed by atoms with Crippen molar-refractivity contribution in [2.45, 2.75) is 77.5 Å². The van der Waals surface area contributed by atoms with Gasteiger partial charge in [0, 0.05) is 12.1 Å². The normalized spacial score (nSPS) is 19.8. The maximum absolute atomic E-state index is 10.7. The van der Waals surface area contributed by atoms with Crippen LogP contribution in [-0.2, 0) is 0 Å². The summed E-state index contributed by atoms with van der Waals surface area (Å²) >= 11 is 0. The van der Waals surface area contributed by atoms with Gasteiger partial charge in [0.1, 0.15) is 0 Å². The van der Waals surface area contributed by atoms with Gasteiger partial charge in [-0.3, -0.25) is 0 Å². The van der Waals surface area contributed by atoms with Crippen LogP contribution in [0.25, 0.3) is 0 Å². The van der Waals surface area contributed by atoms with Crippen molar-refractivity contribution in [3.63, 3.8) is 0 Å². The molecule has 0 saturated heterocycles. The Labute approximate surface area is 123 Å². The van der Waals surface area contributed by atoms with Crippen molar-refractivity contribution in [3.05, 3.63) is 34.9 Å². The van der Waals surface area contributed by atoms with E-state index in [1.165, 1.54) is 43.2 Å². The first-order valence-electron chi connectivity index (χ1n) is 8.13. The summed E-state index contributed by atoms with van der Waals surface area (Å²) in [5, 5.41) is 14.4. The lowest BCUT2D eigenvalue weighted by atomic mass is 9.91. The predicted molar refractivity (Wildman–Crippen MR) is 85.0 cm³/mol. The molecule has 2 rings (SSSR count). The number of aryl methyl sites for hydroxylation is 2. The third-order valence-electron chi connectivity index (χ3n) is 4.62. The molecule has 2 atom stereocenters. The van der Waals surface area contributed by atoms with Crippen LogP contribution in [0.3, 0.4) is 0 Å². The molecule has 112 valence electrons. The van der Waals surface area contributed by atoms with Gasteiger partial charge in [-0.05, 0) is 44.2 Å². The second kappa shape index (κ2) is 7.24. The fourth-order valence-electron chi connectivity index (χ4n) is 3.38. The predicted octanol–water partition coefficient (Wildman–Crippen LogP) is 4.04. The molecule has 2 nitrogen and oxygen atoms in total. The number of nitrogens with one attached hydrogen (secondary N) is 1. The van der Waals surface area contributed by atoms with E-state index in [9.17, 15) is 5.11 Å². The van der Waals surface area contributed by atoms with Crippen molar-refractivity contribution in [2.24, 2.45) is 0 Å². The second-order valence-corrected chi connectivity index (χ2v) is 6.32. The van der Waals surface area contributed by atoms with Gasteiger partial charge in [-0.2, -0.15) is 0 Å². The fourth-order valence-corrected chi connectivity index (χ4v) is 3.38. The van der Waals surface area contributed by atoms with Crippen LogP contribution in [0.15, 0.2) is 18.2 Å². The fraction of sp³-hybridized carbons (Fsp3) is 0.667. The van der Waals surface area contributed by atoms with E-state index < -0.39 is 6.10 Å². The lowest BCUT2D eigenvalue weighted by Crippen LogP contribution is -2.42. The van der Waals surface area contributed by atoms with Crippen LogP contribution >= 0.6 is 0 Å². The third kappa shape index (κ3) is 3.83. The van der Waals surface area contributed by atoms with Crippen LogP contribution in [0.4, 0.5) is 0 Å². The maximum atomic E-state index is 10.7. The average Bonchev–Trinajstić information content (AvgIpc) is 2.45. The molecule has 2 unspecified atom stereocenters. The van der Waals surface area contributed by atoms with Gasteiger partial charge in [0.25, 0.3) is 0 Å². The summed E-state index contributed by atoms with van der Waals surface area (Å²) in [6.45, 7) is 6.35. The number of hydrogen-bond donors (Lipinski definition) is 2. The Bertz CT molecular complexity index is 423. The first kappa shape index (κ1) is 15.5. The van der Waals surface area contributed by atoms with Crippen LogP contribution < -0.4 is 5.32 Å². The van der Waals surface area contributed by atoms with Gasteiger partial charge >= 0.3 is 0 Å². The van der Waals surface area contributed by atoms with Gasteiger partial charge in [-0.25, -0.2) is 0 Å². The molecule has 1 aromatic carbocycles. The molecule has 2 heteroatoms. The van der Waals surface area contributed by atoms with Crippen molar-refractivity contribution in [2.75, 3.05) is 0 Å². The van der Waals surface area contributed by atoms with E-state index in [1.54, 1.807) is 0 Å². The number of aliphatic hydroxyl groups is 1. The minimum atomic E-state index is -0.400. The standard InChI is InChI=1S/C18H29NO/c1-4-17(19-15-8-6-5-7-9-15)18(20)16-11-10-13(2)12-14(16)3/h10-12,15,17-20H,4-9H2,1-3H3. The topological polar surface area (TPSA) is 32.3 Å². The van der Waals surface area contributed by atoms with Crippen LogP contribution in [0.1, 0.15) is 68.2 Å². The molecule has 0 amide bonds. The van der Waals surface area contributed by atoms with Crippen molar-refractivity contribution < 1.29 is 5.11 Å². The van der Waals surface area contributed by atoms with Crippen molar-refractivity contribution in [3.8, 4) is 0 Å². The zero-order valence-corrected chi connectivity index (χ0v) is 13.2. The zero-order valence-electron chi connectivity index (χ0n) is 13.2. The summed E-state index contributed by atoms with van der Waals surface area (Å²) in [6.07, 6.45) is 7.11. The highest BCUT2D eigenvalue weighted by molar-refractivity contribution is 5.32. The van der Waals surface area contributed by atoms with Crippen molar-refractivity contribution in [1.82, 2.24) is 5.32 Å². The molecular formula is C18H29NO. The second-order valence-electron chi connectivity index (χ2n) is 6.32. The monoisotopic (exact) mass is 275 g/mol. The van der Waals surface area contributed by atoms with Crippen LogP contribution in [0.2, 0.25) is 0 Å². The number of benzene rings is 1. The lowest BCUT2D eigenvalue weighted by molar-refractivity contribution is 0.114. The van der Waals surface area contributed by atoms with E-state index in [0.717, 1.165) is 12.0 Å². The summed E-state index contributed by atoms with van der Waals surface area (Å²) in [6, 6.07) is 7.10. The van der Waals surface area contributed by atoms with Crippen LogP contribution in [0, 0.1) is 13.8 Å². The van der Waals surface area contributed by atoms with Gasteiger partial charge in [0.15, 0.2) is 0 Å². The molecule has 0 spiro atoms. The van der Waals surface area contributed by atoms with Gasteiger partial charge in [0.2, 0.25) is 0 Å². The van der Waals surface area contributed by atoms with Crippen molar-refractivity contribution >= 4 is 0 Å². The minimum Gasteiger partial charge on any atom is -0.387 e. The van der Waals surface area contributed by atoms with E-state index in [2.05, 4.69) is 44.3 Å². The molecule has 0 heterocycles. The zero-order chi connectivity index (χ0) is 14.5. The lowest BCUT2D eigenvalue weighted by Gasteiger charge is -2.31. The van der Waals surface area contributed by atoms with Crippen LogP contribution in [-0.4, -0.2) is 17.2 Å². The van der Waals surface area contributed by atoms with E-state index in [4.69, 9.17) is 0 Å². The highest BCUT2D eigenvalue weighted by Gasteiger charge is 2.24. The first-order chi connectivity index (χ1) is 9.61. The molecule has 0 aromatic heterocycles. The Hall–Kier alpha value is -0.860. The summed E-state index contributed by atoms with van der Waals surface area (Å²) in [4.78, 5) is 0. The largest absolute Gasteiger partial charge is 0.387 e. The Morgan fingerprint density at radius 3 is 2.50 bits per heavy atom. The molecule has 0 bridgehead atoms. The summed E-state index contributed by atoms with van der Waals surface area (Å²) in [5.74, 6) is 0. The van der Waals surface area contributed by atoms with Gasteiger partial charge in [-0.1, -0.05) is 49.9 Å². The van der Waals surface area contributed by atoms with E-state index >= 15 is 0 Å². The van der Waals surface area contributed by atoms with E-state index in [0.29, 0.717) is 6.04 Å². The summed E-state index contributed by atoms with van der Waals surface area (Å²) in [5.41, 5.74) is 3.53. The molecular weight excluding hydrogens is 246 g/mol. The van der Waals surface area contributed by atoms with Gasteiger partial charge in [-0.15, -0.1) is 0 Å². The highest BCUT2D eigenvalue weighted by Crippen LogP contribution is 2.25. The summed E-state index contributed by atoms with van der Waals surface area (Å²) in [7, 11) is 0. The molecule has 20 heavy (non-hydrogen) atoms. The van der Waals surface area contributed by atoms with Crippen LogP contribution in [0.5, 0.6) is 0 Å². The molecule has 2 N–H and O–H groups in total. The van der Waals surface area contributed by atoms with E-state index in [-0.39, 0.29) is 6.04 Å². The third-order valence-corrected chi connectivity index (χ3v) is 4.62. The Kier molecular flexibility index (Phi) is 5.62. The molecule has 0 radical (unpaired) electrons. The molecule has 1 aliphatic rings. The van der Waals surface area contributed by atoms with Gasteiger partial charge in [0.05, 0.1) is 6.10 Å². The smallest absolute Gasteiger partial charge is 0.0945 e. The number of rotatable bonds is 5. The molecule has 0 aliphatic heterocycles. The summed E-state index contributed by atoms with van der Waals surface area (Å²) < 4.78 is 0. The molecule has 1 aromatic rings. The van der Waals surface area contributed by atoms with Gasteiger partial charge < -0.3 is 10.4 Å². The first-order valence-corrected chi connectivity index (χ1v) is 8.13. The molecule has 1 saturated carbocycles. The molecule has 1 fully saturated rings. The average molecular weight is 275 g/mol. The SMILES string of the molecule is CCC(NC1CCCCC1)C(O)c1ccc(C)cc1C. The highest BCUT2D eigenvalue weighted by atomic mass is 16.3. The molecule has 1 aliphatic carbocycles. The van der Waals surface area contributed by atoms with Crippen molar-refractivity contribution in [1.29, 1.82) is 0 Å². The van der Waals surface area contributed by atoms with E-state index in [1.807, 2.05) is 0 Å². The Morgan fingerprint density at radius 2 is 1.90 bits per heavy atom. The Balaban J connectivity index is 2.05.